The maximum absolute atomic E-state index is 12.9. The Hall–Kier alpha value is -0.890. The Labute approximate surface area is 88.2 Å². The van der Waals surface area contributed by atoms with Crippen LogP contribution < -0.4 is 0 Å². The molecule has 0 aliphatic carbocycles. The van der Waals surface area contributed by atoms with Crippen LogP contribution in [0.15, 0.2) is 36.9 Å². The van der Waals surface area contributed by atoms with E-state index in [-0.39, 0.29) is 5.56 Å². The van der Waals surface area contributed by atoms with Crippen LogP contribution in [-0.2, 0) is 5.92 Å². The lowest BCUT2D eigenvalue weighted by atomic mass is 10.1. The Morgan fingerprint density at radius 2 is 1.93 bits per heavy atom. The van der Waals surface area contributed by atoms with E-state index < -0.39 is 5.92 Å². The predicted molar refractivity (Wildman–Crippen MR) is 56.9 cm³/mol. The van der Waals surface area contributed by atoms with Gasteiger partial charge in [0.15, 0.2) is 0 Å². The smallest absolute Gasteiger partial charge is 0.197 e. The van der Waals surface area contributed by atoms with Crippen LogP contribution in [0.1, 0.15) is 19.4 Å². The van der Waals surface area contributed by atoms with Gasteiger partial charge in [0, 0.05) is 10.6 Å². The number of rotatable bonds is 2. The summed E-state index contributed by atoms with van der Waals surface area (Å²) in [7, 11) is 0. The molecule has 0 atom stereocenters. The van der Waals surface area contributed by atoms with Gasteiger partial charge in [0.2, 0.25) is 0 Å². The maximum Gasteiger partial charge on any atom is 0.291 e. The van der Waals surface area contributed by atoms with E-state index in [2.05, 4.69) is 6.58 Å². The van der Waals surface area contributed by atoms with Gasteiger partial charge >= 0.3 is 0 Å². The van der Waals surface area contributed by atoms with E-state index in [0.717, 1.165) is 0 Å². The minimum Gasteiger partial charge on any atom is -0.197 e. The SMILES string of the molecule is C=CC(F)(F)c1cccc(Cl)c1.CC. The molecule has 0 bridgehead atoms. The first-order valence-corrected chi connectivity index (χ1v) is 4.71. The zero-order valence-corrected chi connectivity index (χ0v) is 8.98. The summed E-state index contributed by atoms with van der Waals surface area (Å²) in [5.41, 5.74) is -0.134. The van der Waals surface area contributed by atoms with Crippen molar-refractivity contribution in [3.05, 3.63) is 47.5 Å². The van der Waals surface area contributed by atoms with Crippen LogP contribution >= 0.6 is 11.6 Å². The number of benzene rings is 1. The third-order valence-corrected chi connectivity index (χ3v) is 1.70. The lowest BCUT2D eigenvalue weighted by Gasteiger charge is -2.10. The molecular weight excluding hydrogens is 206 g/mol. The van der Waals surface area contributed by atoms with Crippen LogP contribution in [-0.4, -0.2) is 0 Å². The molecule has 0 unspecified atom stereocenters. The lowest BCUT2D eigenvalue weighted by molar-refractivity contribution is 0.0525. The standard InChI is InChI=1S/C9H7ClF2.C2H6/c1-2-9(11,12)7-4-3-5-8(10)6-7;1-2/h2-6H,1H2;1-2H3. The number of hydrogen-bond acceptors (Lipinski definition) is 0. The fourth-order valence-corrected chi connectivity index (χ4v) is 1.00. The van der Waals surface area contributed by atoms with Crippen LogP contribution in [0.25, 0.3) is 0 Å². The Kier molecular flexibility index (Phi) is 5.39. The molecule has 78 valence electrons. The molecule has 0 amide bonds. The zero-order valence-electron chi connectivity index (χ0n) is 8.23. The van der Waals surface area contributed by atoms with E-state index in [0.29, 0.717) is 11.1 Å². The van der Waals surface area contributed by atoms with Crippen molar-refractivity contribution in [3.8, 4) is 0 Å². The Morgan fingerprint density at radius 3 is 2.36 bits per heavy atom. The van der Waals surface area contributed by atoms with Gasteiger partial charge in [-0.05, 0) is 18.2 Å². The third-order valence-electron chi connectivity index (χ3n) is 1.47. The first-order valence-electron chi connectivity index (χ1n) is 4.34. The van der Waals surface area contributed by atoms with E-state index in [1.807, 2.05) is 13.8 Å². The Morgan fingerprint density at radius 1 is 1.36 bits per heavy atom. The normalized spacial score (nSPS) is 10.1. The number of hydrogen-bond donors (Lipinski definition) is 0. The van der Waals surface area contributed by atoms with Gasteiger partial charge in [0.25, 0.3) is 5.92 Å². The molecule has 0 spiro atoms. The molecule has 0 N–H and O–H groups in total. The average molecular weight is 219 g/mol. The summed E-state index contributed by atoms with van der Waals surface area (Å²) in [5.74, 6) is -3.00. The van der Waals surface area contributed by atoms with Crippen LogP contribution in [0.4, 0.5) is 8.78 Å². The average Bonchev–Trinajstić information content (AvgIpc) is 2.21. The summed E-state index contributed by atoms with van der Waals surface area (Å²) in [4.78, 5) is 0. The van der Waals surface area contributed by atoms with Crippen molar-refractivity contribution in [1.29, 1.82) is 0 Å². The van der Waals surface area contributed by atoms with Gasteiger partial charge in [0.1, 0.15) is 0 Å². The van der Waals surface area contributed by atoms with Crippen molar-refractivity contribution in [2.24, 2.45) is 0 Å². The largest absolute Gasteiger partial charge is 0.291 e. The van der Waals surface area contributed by atoms with Crippen LogP contribution in [0.3, 0.4) is 0 Å². The van der Waals surface area contributed by atoms with E-state index in [1.165, 1.54) is 18.2 Å². The summed E-state index contributed by atoms with van der Waals surface area (Å²) in [5, 5.41) is 0.300. The number of allylic oxidation sites excluding steroid dienone is 1. The molecule has 1 aromatic rings. The lowest BCUT2D eigenvalue weighted by Crippen LogP contribution is -2.08. The van der Waals surface area contributed by atoms with Crippen molar-refractivity contribution in [1.82, 2.24) is 0 Å². The highest BCUT2D eigenvalue weighted by Crippen LogP contribution is 2.30. The quantitative estimate of drug-likeness (QED) is 0.635. The van der Waals surface area contributed by atoms with E-state index >= 15 is 0 Å². The third kappa shape index (κ3) is 3.46. The number of halogens is 3. The van der Waals surface area contributed by atoms with Crippen molar-refractivity contribution in [3.63, 3.8) is 0 Å². The summed E-state index contributed by atoms with van der Waals surface area (Å²) in [6, 6.07) is 5.57. The molecule has 0 saturated carbocycles. The fourth-order valence-electron chi connectivity index (χ4n) is 0.814. The summed E-state index contributed by atoms with van der Waals surface area (Å²) in [6.45, 7) is 7.05. The Bertz CT molecular complexity index is 295. The molecule has 3 heteroatoms. The van der Waals surface area contributed by atoms with Gasteiger partial charge in [-0.25, -0.2) is 0 Å². The minimum atomic E-state index is -3.00. The highest BCUT2D eigenvalue weighted by molar-refractivity contribution is 6.30. The number of alkyl halides is 2. The minimum absolute atomic E-state index is 0.134. The Balaban J connectivity index is 0.000000791. The second kappa shape index (κ2) is 5.76. The molecule has 0 heterocycles. The highest BCUT2D eigenvalue weighted by Gasteiger charge is 2.26. The van der Waals surface area contributed by atoms with Crippen LogP contribution in [0.5, 0.6) is 0 Å². The monoisotopic (exact) mass is 218 g/mol. The summed E-state index contributed by atoms with van der Waals surface area (Å²) in [6.07, 6.45) is 0.596. The van der Waals surface area contributed by atoms with Crippen molar-refractivity contribution in [2.75, 3.05) is 0 Å². The van der Waals surface area contributed by atoms with E-state index in [1.54, 1.807) is 6.07 Å². The summed E-state index contributed by atoms with van der Waals surface area (Å²) < 4.78 is 25.8. The van der Waals surface area contributed by atoms with Gasteiger partial charge in [-0.1, -0.05) is 44.2 Å². The molecule has 1 aromatic carbocycles. The second-order valence-corrected chi connectivity index (χ2v) is 2.77. The summed E-state index contributed by atoms with van der Waals surface area (Å²) >= 11 is 5.54. The van der Waals surface area contributed by atoms with Crippen molar-refractivity contribution in [2.45, 2.75) is 19.8 Å². The molecule has 0 nitrogen and oxygen atoms in total. The predicted octanol–water partition coefficient (Wildman–Crippen LogP) is 4.64. The van der Waals surface area contributed by atoms with Gasteiger partial charge in [0.05, 0.1) is 0 Å². The molecular formula is C11H13ClF2. The van der Waals surface area contributed by atoms with Gasteiger partial charge in [-0.15, -0.1) is 0 Å². The molecule has 0 radical (unpaired) electrons. The van der Waals surface area contributed by atoms with Crippen LogP contribution in [0.2, 0.25) is 5.02 Å². The van der Waals surface area contributed by atoms with Crippen molar-refractivity contribution >= 4 is 11.6 Å². The van der Waals surface area contributed by atoms with Crippen molar-refractivity contribution < 1.29 is 8.78 Å². The topological polar surface area (TPSA) is 0 Å². The molecule has 0 fully saturated rings. The fraction of sp³-hybridized carbons (Fsp3) is 0.273. The zero-order chi connectivity index (χ0) is 11.2. The first-order chi connectivity index (χ1) is 6.56. The second-order valence-electron chi connectivity index (χ2n) is 2.34. The highest BCUT2D eigenvalue weighted by atomic mass is 35.5. The molecule has 1 rings (SSSR count). The van der Waals surface area contributed by atoms with Gasteiger partial charge < -0.3 is 0 Å². The van der Waals surface area contributed by atoms with E-state index in [9.17, 15) is 8.78 Å². The van der Waals surface area contributed by atoms with Crippen LogP contribution in [0, 0.1) is 0 Å². The first kappa shape index (κ1) is 13.1. The molecule has 0 aliphatic heterocycles. The maximum atomic E-state index is 12.9. The molecule has 0 aromatic heterocycles. The molecule has 0 aliphatic rings. The molecule has 0 saturated heterocycles. The van der Waals surface area contributed by atoms with Gasteiger partial charge in [-0.3, -0.25) is 0 Å². The van der Waals surface area contributed by atoms with E-state index in [4.69, 9.17) is 11.6 Å². The molecule has 14 heavy (non-hydrogen) atoms. The van der Waals surface area contributed by atoms with Gasteiger partial charge in [-0.2, -0.15) is 8.78 Å².